The van der Waals surface area contributed by atoms with Crippen molar-refractivity contribution in [2.24, 2.45) is 0 Å². The highest BCUT2D eigenvalue weighted by atomic mass is 32.2. The van der Waals surface area contributed by atoms with Crippen LogP contribution in [0.15, 0.2) is 53.4 Å². The summed E-state index contributed by atoms with van der Waals surface area (Å²) in [5, 5.41) is 6.83. The highest BCUT2D eigenvalue weighted by Gasteiger charge is 2.14. The number of nitrogens with zero attached hydrogens (tertiary/aromatic N) is 2. The maximum absolute atomic E-state index is 13.2. The molecule has 3 rings (SSSR count). The van der Waals surface area contributed by atoms with E-state index in [4.69, 9.17) is 0 Å². The van der Waals surface area contributed by atoms with E-state index < -0.39 is 10.0 Å². The minimum Gasteiger partial charge on any atom is -0.295 e. The average Bonchev–Trinajstić information content (AvgIpc) is 3.09. The minimum absolute atomic E-state index is 0.0827. The SMILES string of the molecule is CC(=O)c1ccc(S(=O)(=O)NCCc2n[nH]c(Cc3cccc(F)c3)n2)cc1. The Morgan fingerprint density at radius 2 is 1.93 bits per heavy atom. The number of aromatic amines is 1. The molecule has 0 saturated heterocycles. The molecular weight excluding hydrogens is 383 g/mol. The number of ketones is 1. The van der Waals surface area contributed by atoms with E-state index in [0.29, 0.717) is 30.1 Å². The van der Waals surface area contributed by atoms with Crippen molar-refractivity contribution in [3.63, 3.8) is 0 Å². The third-order valence-electron chi connectivity index (χ3n) is 4.05. The number of hydrogen-bond donors (Lipinski definition) is 2. The van der Waals surface area contributed by atoms with E-state index in [1.165, 1.54) is 43.3 Å². The molecule has 0 aliphatic rings. The van der Waals surface area contributed by atoms with Crippen LogP contribution in [0.4, 0.5) is 4.39 Å². The van der Waals surface area contributed by atoms with Crippen LogP contribution in [-0.4, -0.2) is 35.9 Å². The molecule has 0 amide bonds. The van der Waals surface area contributed by atoms with Gasteiger partial charge < -0.3 is 0 Å². The smallest absolute Gasteiger partial charge is 0.240 e. The van der Waals surface area contributed by atoms with Crippen LogP contribution in [0.25, 0.3) is 0 Å². The van der Waals surface area contributed by atoms with Crippen LogP contribution < -0.4 is 4.72 Å². The van der Waals surface area contributed by atoms with Gasteiger partial charge in [0.2, 0.25) is 10.0 Å². The summed E-state index contributed by atoms with van der Waals surface area (Å²) < 4.78 is 40.3. The second kappa shape index (κ2) is 8.41. The molecule has 0 aliphatic heterocycles. The van der Waals surface area contributed by atoms with Crippen molar-refractivity contribution in [2.75, 3.05) is 6.54 Å². The molecule has 0 atom stereocenters. The third-order valence-corrected chi connectivity index (χ3v) is 5.53. The molecule has 0 unspecified atom stereocenters. The fourth-order valence-corrected chi connectivity index (χ4v) is 3.65. The van der Waals surface area contributed by atoms with Gasteiger partial charge in [-0.1, -0.05) is 24.3 Å². The highest BCUT2D eigenvalue weighted by Crippen LogP contribution is 2.11. The summed E-state index contributed by atoms with van der Waals surface area (Å²) >= 11 is 0. The fraction of sp³-hybridized carbons (Fsp3) is 0.211. The molecule has 2 N–H and O–H groups in total. The molecular formula is C19H19FN4O3S. The van der Waals surface area contributed by atoms with Gasteiger partial charge in [0, 0.05) is 24.9 Å². The van der Waals surface area contributed by atoms with E-state index in [1.54, 1.807) is 12.1 Å². The van der Waals surface area contributed by atoms with Crippen molar-refractivity contribution in [2.45, 2.75) is 24.7 Å². The zero-order valence-electron chi connectivity index (χ0n) is 15.1. The number of Topliss-reactive ketones (excluding diaryl/α,β-unsaturated/α-hetero) is 1. The normalized spacial score (nSPS) is 11.5. The van der Waals surface area contributed by atoms with Crippen molar-refractivity contribution in [1.29, 1.82) is 0 Å². The Labute approximate surface area is 162 Å². The zero-order valence-corrected chi connectivity index (χ0v) is 16.0. The maximum Gasteiger partial charge on any atom is 0.240 e. The van der Waals surface area contributed by atoms with Gasteiger partial charge in [-0.05, 0) is 36.8 Å². The van der Waals surface area contributed by atoms with Crippen molar-refractivity contribution >= 4 is 15.8 Å². The number of H-pyrrole nitrogens is 1. The third kappa shape index (κ3) is 5.08. The van der Waals surface area contributed by atoms with Crippen molar-refractivity contribution in [3.05, 3.63) is 77.1 Å². The molecule has 7 nitrogen and oxygen atoms in total. The standard InChI is InChI=1S/C19H19FN4O3S/c1-13(25)15-5-7-17(8-6-15)28(26,27)21-10-9-18-22-19(24-23-18)12-14-3-2-4-16(20)11-14/h2-8,11,21H,9-10,12H2,1H3,(H,22,23,24). The number of rotatable bonds is 8. The predicted octanol–water partition coefficient (Wildman–Crippen LogP) is 2.26. The van der Waals surface area contributed by atoms with E-state index >= 15 is 0 Å². The molecule has 2 aromatic carbocycles. The maximum atomic E-state index is 13.2. The van der Waals surface area contributed by atoms with Crippen LogP contribution in [0.5, 0.6) is 0 Å². The highest BCUT2D eigenvalue weighted by molar-refractivity contribution is 7.89. The average molecular weight is 402 g/mol. The van der Waals surface area contributed by atoms with Crippen LogP contribution in [0.3, 0.4) is 0 Å². The summed E-state index contributed by atoms with van der Waals surface area (Å²) in [7, 11) is -3.69. The Morgan fingerprint density at radius 3 is 2.61 bits per heavy atom. The number of nitrogens with one attached hydrogen (secondary N) is 2. The lowest BCUT2D eigenvalue weighted by molar-refractivity contribution is 0.101. The van der Waals surface area contributed by atoms with Crippen LogP contribution in [0, 0.1) is 5.82 Å². The lowest BCUT2D eigenvalue weighted by atomic mass is 10.1. The van der Waals surface area contributed by atoms with Gasteiger partial charge in [0.25, 0.3) is 0 Å². The first-order chi connectivity index (χ1) is 13.3. The van der Waals surface area contributed by atoms with E-state index in [2.05, 4.69) is 19.9 Å². The van der Waals surface area contributed by atoms with Crippen LogP contribution in [0.2, 0.25) is 0 Å². The van der Waals surface area contributed by atoms with Gasteiger partial charge in [-0.2, -0.15) is 5.10 Å². The Bertz CT molecular complexity index is 1080. The Morgan fingerprint density at radius 1 is 1.18 bits per heavy atom. The summed E-state index contributed by atoms with van der Waals surface area (Å²) in [6, 6.07) is 11.9. The summed E-state index contributed by atoms with van der Waals surface area (Å²) in [5.74, 6) is 0.586. The number of sulfonamides is 1. The predicted molar refractivity (Wildman–Crippen MR) is 101 cm³/mol. The number of carbonyl (C=O) groups is 1. The molecule has 0 radical (unpaired) electrons. The Kier molecular flexibility index (Phi) is 5.96. The second-order valence-electron chi connectivity index (χ2n) is 6.23. The second-order valence-corrected chi connectivity index (χ2v) is 8.00. The topological polar surface area (TPSA) is 105 Å². The summed E-state index contributed by atoms with van der Waals surface area (Å²) in [5.41, 5.74) is 1.21. The van der Waals surface area contributed by atoms with Crippen LogP contribution in [-0.2, 0) is 22.9 Å². The summed E-state index contributed by atoms with van der Waals surface area (Å²) in [6.07, 6.45) is 0.698. The van der Waals surface area contributed by atoms with Gasteiger partial charge >= 0.3 is 0 Å². The first-order valence-electron chi connectivity index (χ1n) is 8.59. The van der Waals surface area contributed by atoms with Gasteiger partial charge in [-0.25, -0.2) is 22.5 Å². The van der Waals surface area contributed by atoms with Gasteiger partial charge in [0.15, 0.2) is 11.6 Å². The summed E-state index contributed by atoms with van der Waals surface area (Å²) in [6.45, 7) is 1.54. The lowest BCUT2D eigenvalue weighted by Crippen LogP contribution is -2.26. The number of benzene rings is 2. The quantitative estimate of drug-likeness (QED) is 0.563. The minimum atomic E-state index is -3.69. The molecule has 0 fully saturated rings. The zero-order chi connectivity index (χ0) is 20.1. The molecule has 0 spiro atoms. The number of hydrogen-bond acceptors (Lipinski definition) is 5. The van der Waals surface area contributed by atoms with Gasteiger partial charge in [0.1, 0.15) is 11.6 Å². The number of aromatic nitrogens is 3. The Hall–Kier alpha value is -2.91. The van der Waals surface area contributed by atoms with Crippen molar-refractivity contribution < 1.29 is 17.6 Å². The molecule has 28 heavy (non-hydrogen) atoms. The molecule has 9 heteroatoms. The first kappa shape index (κ1) is 19.8. The summed E-state index contributed by atoms with van der Waals surface area (Å²) in [4.78, 5) is 15.6. The molecule has 3 aromatic rings. The number of carbonyl (C=O) groups excluding carboxylic acids is 1. The van der Waals surface area contributed by atoms with Gasteiger partial charge in [0.05, 0.1) is 4.90 Å². The van der Waals surface area contributed by atoms with Gasteiger partial charge in [-0.3, -0.25) is 9.89 Å². The van der Waals surface area contributed by atoms with Gasteiger partial charge in [-0.15, -0.1) is 0 Å². The largest absolute Gasteiger partial charge is 0.295 e. The Balaban J connectivity index is 1.56. The monoisotopic (exact) mass is 402 g/mol. The first-order valence-corrected chi connectivity index (χ1v) is 10.1. The van der Waals surface area contributed by atoms with Crippen LogP contribution >= 0.6 is 0 Å². The number of halogens is 1. The molecule has 0 saturated carbocycles. The lowest BCUT2D eigenvalue weighted by Gasteiger charge is -2.06. The van der Waals surface area contributed by atoms with Crippen molar-refractivity contribution in [1.82, 2.24) is 19.9 Å². The molecule has 0 bridgehead atoms. The van der Waals surface area contributed by atoms with E-state index in [1.807, 2.05) is 0 Å². The molecule has 1 aromatic heterocycles. The molecule has 1 heterocycles. The van der Waals surface area contributed by atoms with Crippen molar-refractivity contribution in [3.8, 4) is 0 Å². The van der Waals surface area contributed by atoms with E-state index in [-0.39, 0.29) is 23.0 Å². The van der Waals surface area contributed by atoms with E-state index in [0.717, 1.165) is 5.56 Å². The molecule has 0 aliphatic carbocycles. The fourth-order valence-electron chi connectivity index (χ4n) is 2.62. The van der Waals surface area contributed by atoms with Crippen LogP contribution in [0.1, 0.15) is 34.5 Å². The van der Waals surface area contributed by atoms with E-state index in [9.17, 15) is 17.6 Å². The molecule has 146 valence electrons.